The van der Waals surface area contributed by atoms with E-state index in [2.05, 4.69) is 25.6 Å². The van der Waals surface area contributed by atoms with E-state index < -0.39 is 11.6 Å². The van der Waals surface area contributed by atoms with Crippen molar-refractivity contribution in [3.05, 3.63) is 71.0 Å². The van der Waals surface area contributed by atoms with Gasteiger partial charge in [-0.3, -0.25) is 4.79 Å². The molecule has 1 saturated heterocycles. The van der Waals surface area contributed by atoms with Crippen LogP contribution in [-0.2, 0) is 15.3 Å². The van der Waals surface area contributed by atoms with Crippen LogP contribution >= 0.6 is 11.6 Å². The summed E-state index contributed by atoms with van der Waals surface area (Å²) in [5.74, 6) is -1.04. The Morgan fingerprint density at radius 1 is 1.13 bits per heavy atom. The predicted octanol–water partition coefficient (Wildman–Crippen LogP) is 4.27. The fraction of sp³-hybridized carbons (Fsp3) is 0.238. The molecule has 0 bridgehead atoms. The van der Waals surface area contributed by atoms with Gasteiger partial charge in [-0.05, 0) is 30.3 Å². The normalized spacial score (nSPS) is 14.9. The predicted molar refractivity (Wildman–Crippen MR) is 113 cm³/mol. The minimum absolute atomic E-state index is 0.266. The molecule has 1 aliphatic rings. The molecule has 8 nitrogen and oxygen atoms in total. The zero-order valence-electron chi connectivity index (χ0n) is 16.6. The van der Waals surface area contributed by atoms with Crippen LogP contribution in [0.2, 0.25) is 5.15 Å². The van der Waals surface area contributed by atoms with Crippen molar-refractivity contribution in [2.45, 2.75) is 19.1 Å². The van der Waals surface area contributed by atoms with Gasteiger partial charge in [0.05, 0.1) is 31.3 Å². The smallest absolute Gasteiger partial charge is 0.255 e. The Kier molecular flexibility index (Phi) is 6.08. The lowest BCUT2D eigenvalue weighted by molar-refractivity contribution is -0.167. The number of ether oxygens (including phenoxy) is 2. The fourth-order valence-electron chi connectivity index (χ4n) is 3.27. The first-order valence-corrected chi connectivity index (χ1v) is 9.97. The number of carbonyl (C=O) groups excluding carboxylic acids is 1. The highest BCUT2D eigenvalue weighted by Crippen LogP contribution is 2.39. The molecule has 1 amide bonds. The maximum Gasteiger partial charge on any atom is 0.255 e. The third-order valence-corrected chi connectivity index (χ3v) is 4.96. The van der Waals surface area contributed by atoms with Gasteiger partial charge in [-0.1, -0.05) is 18.5 Å². The van der Waals surface area contributed by atoms with Gasteiger partial charge in [0, 0.05) is 23.7 Å². The molecule has 4 rings (SSSR count). The lowest BCUT2D eigenvalue weighted by atomic mass is 10.0. The molecule has 2 N–H and O–H groups in total. The van der Waals surface area contributed by atoms with Crippen molar-refractivity contribution >= 4 is 34.8 Å². The maximum absolute atomic E-state index is 13.0. The average Bonchev–Trinajstić information content (AvgIpc) is 3.27. The molecule has 4 heterocycles. The lowest BCUT2D eigenvalue weighted by Crippen LogP contribution is -2.28. The number of amides is 1. The van der Waals surface area contributed by atoms with Crippen LogP contribution in [0.3, 0.4) is 0 Å². The Morgan fingerprint density at radius 3 is 2.65 bits per heavy atom. The number of nitrogens with zero attached hydrogens (tertiary/aromatic N) is 3. The summed E-state index contributed by atoms with van der Waals surface area (Å²) in [4.78, 5) is 25.1. The highest BCUT2D eigenvalue weighted by molar-refractivity contribution is 6.29. The summed E-state index contributed by atoms with van der Waals surface area (Å²) in [5.41, 5.74) is 1.38. The number of anilines is 3. The van der Waals surface area contributed by atoms with Gasteiger partial charge in [0.2, 0.25) is 0 Å². The van der Waals surface area contributed by atoms with E-state index in [0.717, 1.165) is 6.20 Å². The molecule has 3 aromatic heterocycles. The average molecular weight is 444 g/mol. The number of hydrogen-bond donors (Lipinski definition) is 2. The molecule has 0 unspecified atom stereocenters. The van der Waals surface area contributed by atoms with E-state index in [0.29, 0.717) is 48.1 Å². The molecular weight excluding hydrogens is 425 g/mol. The Bertz CT molecular complexity index is 1090. The second-order valence-electron chi connectivity index (χ2n) is 6.73. The first-order chi connectivity index (χ1) is 15.0. The quantitative estimate of drug-likeness (QED) is 0.549. The second kappa shape index (κ2) is 8.93. The molecule has 31 heavy (non-hydrogen) atoms. The van der Waals surface area contributed by atoms with Crippen LogP contribution in [0.1, 0.15) is 29.3 Å². The summed E-state index contributed by atoms with van der Waals surface area (Å²) in [5, 5.41) is 6.04. The Labute approximate surface area is 182 Å². The number of nitrogens with one attached hydrogen (secondary N) is 2. The number of rotatable bonds is 6. The first kappa shape index (κ1) is 21.1. The molecule has 0 atom stereocenters. The van der Waals surface area contributed by atoms with Crippen molar-refractivity contribution in [2.75, 3.05) is 23.8 Å². The molecule has 3 aromatic rings. The first-order valence-electron chi connectivity index (χ1n) is 9.59. The van der Waals surface area contributed by atoms with Gasteiger partial charge < -0.3 is 20.1 Å². The molecule has 0 spiro atoms. The largest absolute Gasteiger partial charge is 0.343 e. The molecular formula is C21H19ClFN5O3. The monoisotopic (exact) mass is 443 g/mol. The SMILES string of the molecule is CCC1(c2cc(Cl)ncc2NC(=O)c2ccnc(Nc3ccc(F)cn3)c2)OCCO1. The number of halogens is 2. The van der Waals surface area contributed by atoms with Crippen molar-refractivity contribution in [1.82, 2.24) is 15.0 Å². The number of pyridine rings is 3. The van der Waals surface area contributed by atoms with E-state index in [-0.39, 0.29) is 11.1 Å². The van der Waals surface area contributed by atoms with Crippen LogP contribution in [0.15, 0.2) is 48.9 Å². The van der Waals surface area contributed by atoms with Gasteiger partial charge in [0.15, 0.2) is 5.79 Å². The van der Waals surface area contributed by atoms with E-state index in [1.807, 2.05) is 6.92 Å². The number of aromatic nitrogens is 3. The van der Waals surface area contributed by atoms with Crippen molar-refractivity contribution in [1.29, 1.82) is 0 Å². The van der Waals surface area contributed by atoms with Gasteiger partial charge in [-0.25, -0.2) is 19.3 Å². The van der Waals surface area contributed by atoms with E-state index in [4.69, 9.17) is 21.1 Å². The van der Waals surface area contributed by atoms with E-state index in [9.17, 15) is 9.18 Å². The minimum atomic E-state index is -0.992. The van der Waals surface area contributed by atoms with Gasteiger partial charge >= 0.3 is 0 Å². The summed E-state index contributed by atoms with van der Waals surface area (Å²) in [6.45, 7) is 2.81. The zero-order chi connectivity index (χ0) is 21.8. The van der Waals surface area contributed by atoms with Crippen LogP contribution in [-0.4, -0.2) is 34.1 Å². The van der Waals surface area contributed by atoms with Crippen molar-refractivity contribution in [3.8, 4) is 0 Å². The lowest BCUT2D eigenvalue weighted by Gasteiger charge is -2.28. The van der Waals surface area contributed by atoms with Crippen LogP contribution in [0, 0.1) is 5.82 Å². The standard InChI is InChI=1S/C21H19ClFN5O3/c1-2-21(30-7-8-31-21)15-10-17(22)25-12-16(15)27-20(29)13-5-6-24-19(9-13)28-18-4-3-14(23)11-26-18/h3-6,9-12H,2,7-8H2,1H3,(H,27,29)(H,24,26,28). The minimum Gasteiger partial charge on any atom is -0.343 e. The summed E-state index contributed by atoms with van der Waals surface area (Å²) < 4.78 is 24.7. The van der Waals surface area contributed by atoms with Crippen LogP contribution in [0.25, 0.3) is 0 Å². The number of carbonyl (C=O) groups is 1. The topological polar surface area (TPSA) is 98.3 Å². The highest BCUT2D eigenvalue weighted by atomic mass is 35.5. The van der Waals surface area contributed by atoms with Gasteiger partial charge in [0.1, 0.15) is 22.6 Å². The van der Waals surface area contributed by atoms with Crippen LogP contribution < -0.4 is 10.6 Å². The molecule has 0 aliphatic carbocycles. The van der Waals surface area contributed by atoms with Crippen molar-refractivity contribution in [3.63, 3.8) is 0 Å². The Hall–Kier alpha value is -3.14. The van der Waals surface area contributed by atoms with E-state index in [1.54, 1.807) is 18.2 Å². The van der Waals surface area contributed by atoms with E-state index >= 15 is 0 Å². The maximum atomic E-state index is 13.0. The molecule has 0 aromatic carbocycles. The third kappa shape index (κ3) is 4.63. The summed E-state index contributed by atoms with van der Waals surface area (Å²) in [7, 11) is 0. The van der Waals surface area contributed by atoms with Crippen molar-refractivity contribution < 1.29 is 18.7 Å². The van der Waals surface area contributed by atoms with Crippen LogP contribution in [0.4, 0.5) is 21.7 Å². The second-order valence-corrected chi connectivity index (χ2v) is 7.11. The third-order valence-electron chi connectivity index (χ3n) is 4.75. The molecule has 160 valence electrons. The molecule has 0 saturated carbocycles. The van der Waals surface area contributed by atoms with Crippen molar-refractivity contribution in [2.24, 2.45) is 0 Å². The Morgan fingerprint density at radius 2 is 1.94 bits per heavy atom. The Balaban J connectivity index is 1.57. The summed E-state index contributed by atoms with van der Waals surface area (Å²) in [6, 6.07) is 7.51. The highest BCUT2D eigenvalue weighted by Gasteiger charge is 2.39. The summed E-state index contributed by atoms with van der Waals surface area (Å²) in [6.07, 6.45) is 4.58. The van der Waals surface area contributed by atoms with Gasteiger partial charge in [0.25, 0.3) is 5.91 Å². The fourth-order valence-corrected chi connectivity index (χ4v) is 3.42. The molecule has 0 radical (unpaired) electrons. The zero-order valence-corrected chi connectivity index (χ0v) is 17.3. The van der Waals surface area contributed by atoms with Gasteiger partial charge in [-0.2, -0.15) is 0 Å². The number of hydrogen-bond acceptors (Lipinski definition) is 7. The molecule has 1 aliphatic heterocycles. The molecule has 10 heteroatoms. The summed E-state index contributed by atoms with van der Waals surface area (Å²) >= 11 is 6.09. The van der Waals surface area contributed by atoms with Crippen LogP contribution in [0.5, 0.6) is 0 Å². The molecule has 1 fully saturated rings. The van der Waals surface area contributed by atoms with Gasteiger partial charge in [-0.15, -0.1) is 0 Å². The van der Waals surface area contributed by atoms with E-state index in [1.165, 1.54) is 24.5 Å².